The van der Waals surface area contributed by atoms with Crippen LogP contribution in [-0.4, -0.2) is 47.8 Å². The van der Waals surface area contributed by atoms with Gasteiger partial charge >= 0.3 is 7.82 Å². The third-order valence-corrected chi connectivity index (χ3v) is 9.01. The van der Waals surface area contributed by atoms with Gasteiger partial charge in [-0.15, -0.1) is 0 Å². The summed E-state index contributed by atoms with van der Waals surface area (Å²) in [5, 5.41) is 13.5. The molecule has 0 heterocycles. The van der Waals surface area contributed by atoms with Gasteiger partial charge < -0.3 is 21.1 Å². The van der Waals surface area contributed by atoms with Gasteiger partial charge in [-0.2, -0.15) is 0 Å². The van der Waals surface area contributed by atoms with Crippen molar-refractivity contribution in [3.05, 3.63) is 24.3 Å². The van der Waals surface area contributed by atoms with Gasteiger partial charge in [0, 0.05) is 13.0 Å². The molecule has 0 aliphatic heterocycles. The normalized spacial score (nSPS) is 14.7. The summed E-state index contributed by atoms with van der Waals surface area (Å²) in [6.45, 7) is 4.07. The third-order valence-electron chi connectivity index (χ3n) is 8.03. The van der Waals surface area contributed by atoms with Crippen molar-refractivity contribution < 1.29 is 28.4 Å². The van der Waals surface area contributed by atoms with Crippen LogP contribution in [0, 0.1) is 0 Å². The minimum absolute atomic E-state index is 0.0753. The SMILES string of the molecule is CCCCCC/C=C/CC/C=C/C(O)C(COP(=O)(O)OCCN)NC(=O)CCCCCCCCCCCCCCCCCC. The second-order valence-electron chi connectivity index (χ2n) is 12.4. The van der Waals surface area contributed by atoms with Gasteiger partial charge in [0.2, 0.25) is 5.91 Å². The number of nitrogens with one attached hydrogen (secondary N) is 1. The van der Waals surface area contributed by atoms with Crippen molar-refractivity contribution in [2.24, 2.45) is 5.73 Å². The standard InChI is InChI=1S/C36H71N2O6P/c1-3-5-7-9-11-13-15-16-17-18-19-20-22-24-26-28-30-36(40)38-34(33-44-45(41,42)43-32-31-37)35(39)29-27-25-23-21-14-12-10-8-6-4-2/h14,21,27,29,34-35,39H,3-13,15-20,22-26,28,30-33,37H2,1-2H3,(H,38,40)(H,41,42)/b21-14+,29-27+. The van der Waals surface area contributed by atoms with Gasteiger partial charge in [0.25, 0.3) is 0 Å². The van der Waals surface area contributed by atoms with E-state index in [0.717, 1.165) is 38.5 Å². The lowest BCUT2D eigenvalue weighted by atomic mass is 10.0. The number of rotatable bonds is 34. The quantitative estimate of drug-likeness (QED) is 0.0308. The smallest absolute Gasteiger partial charge is 0.387 e. The van der Waals surface area contributed by atoms with Crippen molar-refractivity contribution in [1.82, 2.24) is 5.32 Å². The molecule has 0 spiro atoms. The highest BCUT2D eigenvalue weighted by Gasteiger charge is 2.26. The van der Waals surface area contributed by atoms with Gasteiger partial charge in [0.05, 0.1) is 25.4 Å². The third kappa shape index (κ3) is 31.4. The Morgan fingerprint density at radius 2 is 1.18 bits per heavy atom. The van der Waals surface area contributed by atoms with Crippen LogP contribution in [0.25, 0.3) is 0 Å². The molecule has 266 valence electrons. The average molecular weight is 659 g/mol. The number of allylic oxidation sites excluding steroid dienone is 3. The molecule has 5 N–H and O–H groups in total. The van der Waals surface area contributed by atoms with Gasteiger partial charge in [0.15, 0.2) is 0 Å². The maximum atomic E-state index is 12.7. The van der Waals surface area contributed by atoms with Gasteiger partial charge in [-0.05, 0) is 32.1 Å². The summed E-state index contributed by atoms with van der Waals surface area (Å²) in [5.74, 6) is -0.205. The number of phosphoric acid groups is 1. The first-order valence-electron chi connectivity index (χ1n) is 18.5. The van der Waals surface area contributed by atoms with Crippen LogP contribution in [0.2, 0.25) is 0 Å². The highest BCUT2D eigenvalue weighted by atomic mass is 31.2. The van der Waals surface area contributed by atoms with Crippen LogP contribution in [0.1, 0.15) is 168 Å². The number of hydrogen-bond acceptors (Lipinski definition) is 6. The molecule has 0 saturated heterocycles. The summed E-state index contributed by atoms with van der Waals surface area (Å²) in [7, 11) is -4.33. The Balaban J connectivity index is 4.28. The summed E-state index contributed by atoms with van der Waals surface area (Å²) in [6, 6.07) is -0.870. The largest absolute Gasteiger partial charge is 0.472 e. The summed E-state index contributed by atoms with van der Waals surface area (Å²) in [4.78, 5) is 22.5. The maximum absolute atomic E-state index is 12.7. The Labute approximate surface area is 277 Å². The fourth-order valence-electron chi connectivity index (χ4n) is 5.20. The predicted octanol–water partition coefficient (Wildman–Crippen LogP) is 9.44. The second kappa shape index (κ2) is 32.9. The molecule has 0 radical (unpaired) electrons. The highest BCUT2D eigenvalue weighted by Crippen LogP contribution is 2.43. The number of carbonyl (C=O) groups is 1. The Bertz CT molecular complexity index is 764. The number of aliphatic hydroxyl groups is 1. The minimum atomic E-state index is -4.33. The second-order valence-corrected chi connectivity index (χ2v) is 13.9. The summed E-state index contributed by atoms with van der Waals surface area (Å²) in [5.41, 5.74) is 5.34. The average Bonchev–Trinajstić information content (AvgIpc) is 3.02. The summed E-state index contributed by atoms with van der Waals surface area (Å²) < 4.78 is 22.0. The molecular formula is C36H71N2O6P. The molecule has 0 aromatic rings. The Kier molecular flexibility index (Phi) is 32.2. The van der Waals surface area contributed by atoms with Gasteiger partial charge in [-0.3, -0.25) is 13.8 Å². The molecule has 0 saturated carbocycles. The van der Waals surface area contributed by atoms with Crippen molar-refractivity contribution in [3.8, 4) is 0 Å². The molecule has 0 fully saturated rings. The number of nitrogens with two attached hydrogens (primary N) is 1. The van der Waals surface area contributed by atoms with E-state index in [-0.39, 0.29) is 25.7 Å². The van der Waals surface area contributed by atoms with Crippen LogP contribution in [0.4, 0.5) is 0 Å². The number of aliphatic hydroxyl groups excluding tert-OH is 1. The van der Waals surface area contributed by atoms with Gasteiger partial charge in [-0.25, -0.2) is 4.57 Å². The Hall–Kier alpha value is -1.02. The topological polar surface area (TPSA) is 131 Å². The van der Waals surface area contributed by atoms with E-state index in [1.165, 1.54) is 109 Å². The predicted molar refractivity (Wildman–Crippen MR) is 189 cm³/mol. The Morgan fingerprint density at radius 1 is 0.711 bits per heavy atom. The minimum Gasteiger partial charge on any atom is -0.387 e. The molecule has 45 heavy (non-hydrogen) atoms. The molecule has 0 aliphatic carbocycles. The van der Waals surface area contributed by atoms with Crippen molar-refractivity contribution in [2.75, 3.05) is 19.8 Å². The van der Waals surface area contributed by atoms with Crippen molar-refractivity contribution >= 4 is 13.7 Å². The van der Waals surface area contributed by atoms with Crippen LogP contribution in [0.5, 0.6) is 0 Å². The van der Waals surface area contributed by atoms with E-state index >= 15 is 0 Å². The molecule has 3 atom stereocenters. The van der Waals surface area contributed by atoms with Crippen LogP contribution in [0.3, 0.4) is 0 Å². The van der Waals surface area contributed by atoms with Crippen LogP contribution < -0.4 is 11.1 Å². The lowest BCUT2D eigenvalue weighted by molar-refractivity contribution is -0.123. The molecule has 0 aliphatic rings. The molecule has 0 aromatic heterocycles. The number of amides is 1. The van der Waals surface area contributed by atoms with Gasteiger partial charge in [-0.1, -0.05) is 154 Å². The molecule has 0 bridgehead atoms. The van der Waals surface area contributed by atoms with E-state index < -0.39 is 20.0 Å². The molecule has 0 aromatic carbocycles. The number of hydrogen-bond donors (Lipinski definition) is 4. The summed E-state index contributed by atoms with van der Waals surface area (Å²) >= 11 is 0. The number of phosphoric ester groups is 1. The fourth-order valence-corrected chi connectivity index (χ4v) is 5.96. The van der Waals surface area contributed by atoms with E-state index in [9.17, 15) is 19.4 Å². The Morgan fingerprint density at radius 3 is 1.71 bits per heavy atom. The monoisotopic (exact) mass is 659 g/mol. The van der Waals surface area contributed by atoms with Crippen molar-refractivity contribution in [3.63, 3.8) is 0 Å². The first-order valence-corrected chi connectivity index (χ1v) is 20.0. The molecule has 9 heteroatoms. The maximum Gasteiger partial charge on any atom is 0.472 e. The van der Waals surface area contributed by atoms with E-state index in [1.54, 1.807) is 6.08 Å². The zero-order valence-electron chi connectivity index (χ0n) is 29.1. The van der Waals surface area contributed by atoms with Crippen LogP contribution in [-0.2, 0) is 18.4 Å². The zero-order valence-corrected chi connectivity index (χ0v) is 30.0. The lowest BCUT2D eigenvalue weighted by Crippen LogP contribution is -2.45. The first-order chi connectivity index (χ1) is 21.9. The summed E-state index contributed by atoms with van der Waals surface area (Å²) in [6.07, 6.45) is 35.1. The molecule has 1 amide bonds. The molecule has 8 nitrogen and oxygen atoms in total. The van der Waals surface area contributed by atoms with E-state index in [4.69, 9.17) is 14.8 Å². The molecular weight excluding hydrogens is 587 g/mol. The number of unbranched alkanes of at least 4 members (excludes halogenated alkanes) is 20. The molecule has 3 unspecified atom stereocenters. The first kappa shape index (κ1) is 44.0. The van der Waals surface area contributed by atoms with Crippen LogP contribution in [0.15, 0.2) is 24.3 Å². The van der Waals surface area contributed by atoms with E-state index in [2.05, 4.69) is 31.3 Å². The lowest BCUT2D eigenvalue weighted by Gasteiger charge is -2.23. The van der Waals surface area contributed by atoms with E-state index in [0.29, 0.717) is 6.42 Å². The fraction of sp³-hybridized carbons (Fsp3) is 0.861. The zero-order chi connectivity index (χ0) is 33.3. The van der Waals surface area contributed by atoms with E-state index in [1.807, 2.05) is 6.08 Å². The van der Waals surface area contributed by atoms with Crippen LogP contribution >= 0.6 is 7.82 Å². The highest BCUT2D eigenvalue weighted by molar-refractivity contribution is 7.47. The van der Waals surface area contributed by atoms with Gasteiger partial charge in [0.1, 0.15) is 0 Å². The number of carbonyl (C=O) groups excluding carboxylic acids is 1. The van der Waals surface area contributed by atoms with Crippen molar-refractivity contribution in [2.45, 2.75) is 180 Å². The van der Waals surface area contributed by atoms with Crippen molar-refractivity contribution in [1.29, 1.82) is 0 Å². The molecule has 0 rings (SSSR count).